The topological polar surface area (TPSA) is 125 Å². The highest BCUT2D eigenvalue weighted by Crippen LogP contribution is 2.22. The number of para-hydroxylation sites is 1. The molecule has 2 amide bonds. The van der Waals surface area contributed by atoms with Crippen molar-refractivity contribution in [2.45, 2.75) is 38.1 Å². The summed E-state index contributed by atoms with van der Waals surface area (Å²) in [6.07, 6.45) is 1.85. The number of carbonyl (C=O) groups excluding carboxylic acids is 1. The predicted molar refractivity (Wildman–Crippen MR) is 107 cm³/mol. The molecule has 2 rings (SSSR count). The number of carboxylic acids is 2. The van der Waals surface area contributed by atoms with Gasteiger partial charge in [-0.05, 0) is 49.2 Å². The lowest BCUT2D eigenvalue weighted by atomic mass is 10.1. The van der Waals surface area contributed by atoms with E-state index >= 15 is 0 Å². The smallest absolute Gasteiger partial charge is 0.326 e. The van der Waals surface area contributed by atoms with Gasteiger partial charge < -0.3 is 25.6 Å². The Morgan fingerprint density at radius 1 is 0.862 bits per heavy atom. The molecule has 0 aliphatic heterocycles. The van der Waals surface area contributed by atoms with Crippen molar-refractivity contribution < 1.29 is 29.3 Å². The Morgan fingerprint density at radius 2 is 1.52 bits per heavy atom. The first-order valence-electron chi connectivity index (χ1n) is 9.29. The van der Waals surface area contributed by atoms with E-state index in [1.165, 1.54) is 0 Å². The zero-order valence-corrected chi connectivity index (χ0v) is 15.8. The lowest BCUT2D eigenvalue weighted by molar-refractivity contribution is -0.139. The van der Waals surface area contributed by atoms with E-state index in [2.05, 4.69) is 10.6 Å². The Bertz CT molecular complexity index is 808. The normalized spacial score (nSPS) is 11.3. The molecule has 154 valence electrons. The fourth-order valence-corrected chi connectivity index (χ4v) is 2.62. The van der Waals surface area contributed by atoms with Gasteiger partial charge in [-0.25, -0.2) is 9.59 Å². The summed E-state index contributed by atoms with van der Waals surface area (Å²) in [4.78, 5) is 33.9. The Morgan fingerprint density at radius 3 is 2.14 bits per heavy atom. The Balaban J connectivity index is 1.79. The first-order chi connectivity index (χ1) is 13.9. The molecule has 1 unspecified atom stereocenters. The van der Waals surface area contributed by atoms with Gasteiger partial charge in [0.2, 0.25) is 0 Å². The number of amides is 2. The van der Waals surface area contributed by atoms with Crippen molar-refractivity contribution in [3.05, 3.63) is 54.6 Å². The molecule has 0 saturated carbocycles. The van der Waals surface area contributed by atoms with E-state index in [-0.39, 0.29) is 12.8 Å². The molecule has 2 aromatic carbocycles. The summed E-state index contributed by atoms with van der Waals surface area (Å²) in [7, 11) is 0. The number of aliphatic carboxylic acids is 2. The van der Waals surface area contributed by atoms with Crippen molar-refractivity contribution in [3.8, 4) is 11.5 Å². The zero-order chi connectivity index (χ0) is 21.1. The van der Waals surface area contributed by atoms with Gasteiger partial charge in [-0.15, -0.1) is 0 Å². The molecule has 0 aliphatic rings. The standard InChI is InChI=1S/C21H24N2O6/c24-19(25)10-6-2-5-9-18(20(26)27)23-21(28)22-15-11-13-17(14-12-15)29-16-7-3-1-4-8-16/h1,3-4,7-8,11-14,18H,2,5-6,9-10H2,(H,24,25)(H,26,27)(H2,22,23,28). The van der Waals surface area contributed by atoms with E-state index in [9.17, 15) is 19.5 Å². The Hall–Kier alpha value is -3.55. The number of hydrogen-bond acceptors (Lipinski definition) is 4. The van der Waals surface area contributed by atoms with Crippen LogP contribution in [-0.2, 0) is 9.59 Å². The van der Waals surface area contributed by atoms with Gasteiger partial charge in [-0.1, -0.05) is 31.0 Å². The van der Waals surface area contributed by atoms with E-state index in [0.29, 0.717) is 36.4 Å². The summed E-state index contributed by atoms with van der Waals surface area (Å²) in [5.41, 5.74) is 0.494. The molecule has 2 aromatic rings. The van der Waals surface area contributed by atoms with Crippen molar-refractivity contribution in [2.24, 2.45) is 0 Å². The maximum atomic E-state index is 12.1. The second-order valence-electron chi connectivity index (χ2n) is 6.42. The van der Waals surface area contributed by atoms with E-state index in [1.807, 2.05) is 30.3 Å². The molecule has 0 aromatic heterocycles. The minimum atomic E-state index is -1.13. The van der Waals surface area contributed by atoms with E-state index in [4.69, 9.17) is 9.84 Å². The van der Waals surface area contributed by atoms with Gasteiger partial charge >= 0.3 is 18.0 Å². The lowest BCUT2D eigenvalue weighted by Gasteiger charge is -2.15. The molecule has 0 saturated heterocycles. The maximum Gasteiger partial charge on any atom is 0.326 e. The highest BCUT2D eigenvalue weighted by atomic mass is 16.5. The Kier molecular flexibility index (Phi) is 8.50. The zero-order valence-electron chi connectivity index (χ0n) is 15.8. The fourth-order valence-electron chi connectivity index (χ4n) is 2.62. The number of hydrogen-bond donors (Lipinski definition) is 4. The summed E-state index contributed by atoms with van der Waals surface area (Å²) >= 11 is 0. The molecule has 0 aliphatic carbocycles. The second kappa shape index (κ2) is 11.3. The van der Waals surface area contributed by atoms with Crippen LogP contribution in [0.2, 0.25) is 0 Å². The predicted octanol–water partition coefficient (Wildman–Crippen LogP) is 4.09. The van der Waals surface area contributed by atoms with Crippen LogP contribution in [0.25, 0.3) is 0 Å². The van der Waals surface area contributed by atoms with Crippen LogP contribution in [-0.4, -0.2) is 34.2 Å². The summed E-state index contributed by atoms with van der Waals surface area (Å²) in [5, 5.41) is 22.9. The monoisotopic (exact) mass is 400 g/mol. The highest BCUT2D eigenvalue weighted by Gasteiger charge is 2.19. The lowest BCUT2D eigenvalue weighted by Crippen LogP contribution is -2.42. The maximum absolute atomic E-state index is 12.1. The van der Waals surface area contributed by atoms with Gasteiger partial charge in [-0.3, -0.25) is 4.79 Å². The Labute approximate surface area is 168 Å². The average molecular weight is 400 g/mol. The number of rotatable bonds is 11. The van der Waals surface area contributed by atoms with Crippen molar-refractivity contribution in [2.75, 3.05) is 5.32 Å². The third kappa shape index (κ3) is 8.34. The van der Waals surface area contributed by atoms with Gasteiger partial charge in [0.15, 0.2) is 0 Å². The second-order valence-corrected chi connectivity index (χ2v) is 6.42. The number of carbonyl (C=O) groups is 3. The molecule has 0 spiro atoms. The molecule has 8 heteroatoms. The number of nitrogens with one attached hydrogen (secondary N) is 2. The van der Waals surface area contributed by atoms with Crippen molar-refractivity contribution in [3.63, 3.8) is 0 Å². The molecule has 29 heavy (non-hydrogen) atoms. The number of urea groups is 1. The molecule has 4 N–H and O–H groups in total. The van der Waals surface area contributed by atoms with Gasteiger partial charge in [0, 0.05) is 12.1 Å². The van der Waals surface area contributed by atoms with Crippen LogP contribution in [0.15, 0.2) is 54.6 Å². The molecule has 8 nitrogen and oxygen atoms in total. The molecule has 0 heterocycles. The molecule has 0 radical (unpaired) electrons. The van der Waals surface area contributed by atoms with Gasteiger partial charge in [0.1, 0.15) is 17.5 Å². The van der Waals surface area contributed by atoms with E-state index in [1.54, 1.807) is 24.3 Å². The third-order valence-corrected chi connectivity index (χ3v) is 4.08. The number of anilines is 1. The minimum Gasteiger partial charge on any atom is -0.481 e. The average Bonchev–Trinajstić information content (AvgIpc) is 2.69. The third-order valence-electron chi connectivity index (χ3n) is 4.08. The van der Waals surface area contributed by atoms with E-state index < -0.39 is 24.0 Å². The summed E-state index contributed by atoms with van der Waals surface area (Å²) in [5.74, 6) is -0.715. The van der Waals surface area contributed by atoms with Gasteiger partial charge in [0.25, 0.3) is 0 Å². The summed E-state index contributed by atoms with van der Waals surface area (Å²) in [6, 6.07) is 14.3. The number of benzene rings is 2. The van der Waals surface area contributed by atoms with Gasteiger partial charge in [0.05, 0.1) is 0 Å². The number of carboxylic acid groups (broad SMARTS) is 2. The molecular formula is C21H24N2O6. The molecule has 0 bridgehead atoms. The molecular weight excluding hydrogens is 376 g/mol. The van der Waals surface area contributed by atoms with Crippen molar-refractivity contribution in [1.82, 2.24) is 5.32 Å². The first kappa shape index (κ1) is 21.7. The minimum absolute atomic E-state index is 0.0512. The number of ether oxygens (including phenoxy) is 1. The van der Waals surface area contributed by atoms with Crippen molar-refractivity contribution in [1.29, 1.82) is 0 Å². The SMILES string of the molecule is O=C(O)CCCCCC(NC(=O)Nc1ccc(Oc2ccccc2)cc1)C(=O)O. The van der Waals surface area contributed by atoms with Crippen molar-refractivity contribution >= 4 is 23.7 Å². The number of unbranched alkanes of at least 4 members (excludes halogenated alkanes) is 2. The van der Waals surface area contributed by atoms with Crippen LogP contribution < -0.4 is 15.4 Å². The van der Waals surface area contributed by atoms with Crippen LogP contribution in [0.1, 0.15) is 32.1 Å². The molecule has 0 fully saturated rings. The van der Waals surface area contributed by atoms with Crippen LogP contribution in [0.4, 0.5) is 10.5 Å². The van der Waals surface area contributed by atoms with Crippen LogP contribution >= 0.6 is 0 Å². The largest absolute Gasteiger partial charge is 0.481 e. The summed E-state index contributed by atoms with van der Waals surface area (Å²) in [6.45, 7) is 0. The summed E-state index contributed by atoms with van der Waals surface area (Å²) < 4.78 is 5.67. The quantitative estimate of drug-likeness (QED) is 0.421. The van der Waals surface area contributed by atoms with Crippen LogP contribution in [0.5, 0.6) is 11.5 Å². The fraction of sp³-hybridized carbons (Fsp3) is 0.286. The highest BCUT2D eigenvalue weighted by molar-refractivity contribution is 5.92. The van der Waals surface area contributed by atoms with Crippen LogP contribution in [0, 0.1) is 0 Å². The molecule has 1 atom stereocenters. The van der Waals surface area contributed by atoms with Crippen LogP contribution in [0.3, 0.4) is 0 Å². The van der Waals surface area contributed by atoms with E-state index in [0.717, 1.165) is 0 Å². The van der Waals surface area contributed by atoms with Gasteiger partial charge in [-0.2, -0.15) is 0 Å². The first-order valence-corrected chi connectivity index (χ1v) is 9.29.